The fourth-order valence-electron chi connectivity index (χ4n) is 0.146. The van der Waals surface area contributed by atoms with Crippen LogP contribution in [0.2, 0.25) is 19.6 Å². The monoisotopic (exact) mass is 152 g/mol. The quantitative estimate of drug-likeness (QED) is 0.401. The Morgan fingerprint density at radius 2 is 1.86 bits per heavy atom. The van der Waals surface area contributed by atoms with E-state index in [0.29, 0.717) is 0 Å². The fourth-order valence-corrected chi connectivity index (χ4v) is 3.95. The normalized spacial score (nSPS) is 13.1. The third-order valence-corrected chi connectivity index (χ3v) is 4.80. The summed E-state index contributed by atoms with van der Waals surface area (Å²) in [6.07, 6.45) is 0. The largest absolute Gasteiger partial charge is 0.0752 e. The molecule has 3 heteroatoms. The highest BCUT2D eigenvalue weighted by molar-refractivity contribution is 7.71. The van der Waals surface area contributed by atoms with Crippen LogP contribution >= 0.6 is 18.8 Å². The van der Waals surface area contributed by atoms with Crippen molar-refractivity contribution in [3.05, 3.63) is 0 Å². The van der Waals surface area contributed by atoms with E-state index in [2.05, 4.69) is 25.1 Å². The van der Waals surface area contributed by atoms with E-state index in [-0.39, 0.29) is 0 Å². The highest BCUT2D eigenvalue weighted by Crippen LogP contribution is 2.06. The van der Waals surface area contributed by atoms with E-state index >= 15 is 0 Å². The highest BCUT2D eigenvalue weighted by atomic mass is 35.7. The van der Waals surface area contributed by atoms with E-state index in [1.807, 2.05) is 0 Å². The van der Waals surface area contributed by atoms with Gasteiger partial charge < -0.3 is 0 Å². The first-order valence-corrected chi connectivity index (χ1v) is 7.66. The molecule has 0 aliphatic heterocycles. The summed E-state index contributed by atoms with van der Waals surface area (Å²) >= 11 is 5.44. The molecule has 0 saturated carbocycles. The van der Waals surface area contributed by atoms with E-state index in [4.69, 9.17) is 11.2 Å². The van der Waals surface area contributed by atoms with Gasteiger partial charge in [0.05, 0.1) is 8.07 Å². The lowest BCUT2D eigenvalue weighted by atomic mass is 11.8. The van der Waals surface area contributed by atoms with Crippen LogP contribution in [0, 0.1) is 0 Å². The first-order valence-electron chi connectivity index (χ1n) is 2.22. The molecule has 0 rings (SSSR count). The minimum absolute atomic E-state index is 0.918. The second kappa shape index (κ2) is 2.86. The fraction of sp³-hybridized carbons (Fsp3) is 0.750. The van der Waals surface area contributed by atoms with Crippen LogP contribution in [-0.2, 0) is 0 Å². The number of halogens is 1. The van der Waals surface area contributed by atoms with Crippen molar-refractivity contribution in [2.45, 2.75) is 19.6 Å². The lowest BCUT2D eigenvalue weighted by molar-refractivity contribution is 1.86. The van der Waals surface area contributed by atoms with E-state index in [1.165, 1.54) is 0 Å². The lowest BCUT2D eigenvalue weighted by Gasteiger charge is -2.04. The van der Waals surface area contributed by atoms with Gasteiger partial charge in [-0.25, -0.2) is 0 Å². The molecule has 0 N–H and O–H groups in total. The Hall–Kier alpha value is 0.677. The van der Waals surface area contributed by atoms with Crippen molar-refractivity contribution in [1.29, 1.82) is 0 Å². The SMILES string of the molecule is C[Si](C)(C)C=PCl. The summed E-state index contributed by atoms with van der Waals surface area (Å²) < 4.78 is 0. The van der Waals surface area contributed by atoms with E-state index < -0.39 is 8.07 Å². The average Bonchev–Trinajstić information content (AvgIpc) is 1.30. The van der Waals surface area contributed by atoms with Crippen molar-refractivity contribution < 1.29 is 0 Å². The second-order valence-electron chi connectivity index (χ2n) is 2.59. The van der Waals surface area contributed by atoms with Crippen molar-refractivity contribution in [2.24, 2.45) is 0 Å². The van der Waals surface area contributed by atoms with Gasteiger partial charge in [-0.05, 0) is 7.56 Å². The molecule has 0 radical (unpaired) electrons. The van der Waals surface area contributed by atoms with Crippen molar-refractivity contribution in [3.8, 4) is 0 Å². The molecule has 0 saturated heterocycles. The molecule has 0 bridgehead atoms. The van der Waals surface area contributed by atoms with Gasteiger partial charge in [-0.2, -0.15) is 0 Å². The molecule has 0 aromatic carbocycles. The van der Waals surface area contributed by atoms with Crippen LogP contribution in [0.3, 0.4) is 0 Å². The molecule has 0 aromatic heterocycles. The Morgan fingerprint density at radius 3 is 1.86 bits per heavy atom. The summed E-state index contributed by atoms with van der Waals surface area (Å²) in [5.74, 6) is 0. The third-order valence-electron chi connectivity index (χ3n) is 0.436. The van der Waals surface area contributed by atoms with Crippen LogP contribution in [0.15, 0.2) is 0 Å². The number of hydrogen-bond donors (Lipinski definition) is 0. The van der Waals surface area contributed by atoms with Crippen LogP contribution in [0.4, 0.5) is 0 Å². The molecule has 0 aliphatic rings. The molecule has 42 valence electrons. The molecule has 0 amide bonds. The molecule has 7 heavy (non-hydrogen) atoms. The van der Waals surface area contributed by atoms with Crippen molar-refractivity contribution in [2.75, 3.05) is 0 Å². The third kappa shape index (κ3) is 6.68. The van der Waals surface area contributed by atoms with Gasteiger partial charge >= 0.3 is 0 Å². The van der Waals surface area contributed by atoms with E-state index in [9.17, 15) is 0 Å². The molecule has 0 fully saturated rings. The summed E-state index contributed by atoms with van der Waals surface area (Å²) in [5.41, 5.74) is 2.19. The Bertz CT molecular complexity index is 74.2. The first kappa shape index (κ1) is 7.68. The Kier molecular flexibility index (Phi) is 3.13. The maximum atomic E-state index is 5.44. The molecule has 0 atom stereocenters. The molecular weight excluding hydrogens is 143 g/mol. The number of rotatable bonds is 1. The van der Waals surface area contributed by atoms with Gasteiger partial charge in [0.2, 0.25) is 0 Å². The van der Waals surface area contributed by atoms with Crippen LogP contribution < -0.4 is 0 Å². The first-order chi connectivity index (χ1) is 3.06. The Morgan fingerprint density at radius 1 is 1.43 bits per heavy atom. The van der Waals surface area contributed by atoms with Gasteiger partial charge in [-0.1, -0.05) is 36.3 Å². The van der Waals surface area contributed by atoms with Crippen molar-refractivity contribution >= 4 is 32.3 Å². The Labute approximate surface area is 52.5 Å². The zero-order chi connectivity index (χ0) is 5.91. The van der Waals surface area contributed by atoms with Crippen LogP contribution in [0.1, 0.15) is 0 Å². The standard InChI is InChI=1S/C4H10ClPSi/c1-7(2,3)4-6-5/h4H,1-3H3. The van der Waals surface area contributed by atoms with Gasteiger partial charge in [-0.15, -0.1) is 0 Å². The summed E-state index contributed by atoms with van der Waals surface area (Å²) in [7, 11) is -0.00868. The van der Waals surface area contributed by atoms with E-state index in [0.717, 1.165) is 7.56 Å². The zero-order valence-corrected chi connectivity index (χ0v) is 7.55. The van der Waals surface area contributed by atoms with Crippen LogP contribution in [0.25, 0.3) is 0 Å². The smallest absolute Gasteiger partial charge is 0.0658 e. The van der Waals surface area contributed by atoms with Crippen molar-refractivity contribution in [1.82, 2.24) is 0 Å². The maximum absolute atomic E-state index is 5.44. The molecule has 0 spiro atoms. The minimum Gasteiger partial charge on any atom is -0.0658 e. The maximum Gasteiger partial charge on any atom is 0.0752 e. The van der Waals surface area contributed by atoms with E-state index in [1.54, 1.807) is 0 Å². The Balaban J connectivity index is 3.56. The summed E-state index contributed by atoms with van der Waals surface area (Å²) in [6, 6.07) is 0. The summed E-state index contributed by atoms with van der Waals surface area (Å²) in [4.78, 5) is 0. The molecular formula is C4H10ClPSi. The van der Waals surface area contributed by atoms with Gasteiger partial charge in [0, 0.05) is 0 Å². The van der Waals surface area contributed by atoms with Gasteiger partial charge in [0.25, 0.3) is 0 Å². The molecule has 0 unspecified atom stereocenters. The summed E-state index contributed by atoms with van der Waals surface area (Å²) in [5, 5.41) is 0. The molecule has 0 aliphatic carbocycles. The van der Waals surface area contributed by atoms with Gasteiger partial charge in [-0.3, -0.25) is 0 Å². The zero-order valence-electron chi connectivity index (χ0n) is 4.90. The van der Waals surface area contributed by atoms with Crippen LogP contribution in [0.5, 0.6) is 0 Å². The van der Waals surface area contributed by atoms with Crippen LogP contribution in [-0.4, -0.2) is 13.5 Å². The number of hydrogen-bond acceptors (Lipinski definition) is 0. The predicted octanol–water partition coefficient (Wildman–Crippen LogP) is 2.77. The molecule has 0 heterocycles. The highest BCUT2D eigenvalue weighted by Gasteiger charge is 2.05. The van der Waals surface area contributed by atoms with Gasteiger partial charge in [0.15, 0.2) is 0 Å². The lowest BCUT2D eigenvalue weighted by Crippen LogP contribution is -2.20. The van der Waals surface area contributed by atoms with Gasteiger partial charge in [0.1, 0.15) is 0 Å². The minimum atomic E-state index is -0.927. The summed E-state index contributed by atoms with van der Waals surface area (Å²) in [6.45, 7) is 6.80. The predicted molar refractivity (Wildman–Crippen MR) is 42.2 cm³/mol. The second-order valence-corrected chi connectivity index (χ2v) is 9.14. The molecule has 0 nitrogen and oxygen atoms in total. The topological polar surface area (TPSA) is 0 Å². The average molecular weight is 153 g/mol. The van der Waals surface area contributed by atoms with Crippen molar-refractivity contribution in [3.63, 3.8) is 0 Å². The molecule has 0 aromatic rings.